The first-order valence-electron chi connectivity index (χ1n) is 8.37. The number of carbonyl (C=O) groups excluding carboxylic acids is 1. The Balaban J connectivity index is 2.00. The van der Waals surface area contributed by atoms with Crippen LogP contribution in [0.3, 0.4) is 0 Å². The second-order valence-corrected chi connectivity index (χ2v) is 10.1. The third-order valence-electron chi connectivity index (χ3n) is 3.83. The zero-order valence-corrected chi connectivity index (χ0v) is 17.4. The molecule has 0 spiro atoms. The van der Waals surface area contributed by atoms with E-state index in [-0.39, 0.29) is 18.3 Å². The maximum Gasteiger partial charge on any atom is 0.407 e. The Morgan fingerprint density at radius 1 is 1.31 bits per heavy atom. The van der Waals surface area contributed by atoms with Crippen molar-refractivity contribution in [3.63, 3.8) is 0 Å². The molecule has 1 aromatic rings. The number of ether oxygens (including phenoxy) is 1. The summed E-state index contributed by atoms with van der Waals surface area (Å²) in [7, 11) is -3.53. The van der Waals surface area contributed by atoms with Crippen LogP contribution in [0.1, 0.15) is 39.2 Å². The molecule has 0 aromatic heterocycles. The predicted molar refractivity (Wildman–Crippen MR) is 103 cm³/mol. The van der Waals surface area contributed by atoms with Crippen LogP contribution >= 0.6 is 23.2 Å². The third kappa shape index (κ3) is 6.30. The van der Waals surface area contributed by atoms with Crippen LogP contribution in [0.25, 0.3) is 0 Å². The highest BCUT2D eigenvalue weighted by Gasteiger charge is 2.30. The monoisotopic (exact) mass is 422 g/mol. The van der Waals surface area contributed by atoms with Crippen molar-refractivity contribution in [1.82, 2.24) is 9.62 Å². The van der Waals surface area contributed by atoms with Gasteiger partial charge in [-0.3, -0.25) is 0 Å². The van der Waals surface area contributed by atoms with Gasteiger partial charge in [0.05, 0.1) is 15.8 Å². The molecule has 1 fully saturated rings. The molecule has 0 aliphatic carbocycles. The Morgan fingerprint density at radius 3 is 2.62 bits per heavy atom. The molecule has 1 heterocycles. The molecular weight excluding hydrogens is 399 g/mol. The molecule has 1 aliphatic heterocycles. The number of rotatable bonds is 4. The number of hydrogen-bond donors (Lipinski definition) is 1. The van der Waals surface area contributed by atoms with Crippen LogP contribution in [0.4, 0.5) is 4.79 Å². The molecule has 2 rings (SSSR count). The molecular formula is C17H24Cl2N2O4S. The Bertz CT molecular complexity index is 763. The molecule has 0 saturated carbocycles. The summed E-state index contributed by atoms with van der Waals surface area (Å²) >= 11 is 11.8. The Kier molecular flexibility index (Phi) is 6.82. The van der Waals surface area contributed by atoms with E-state index in [1.54, 1.807) is 39.0 Å². The normalized spacial score (nSPS) is 19.2. The maximum absolute atomic E-state index is 12.7. The number of halogens is 2. The average Bonchev–Trinajstić information content (AvgIpc) is 2.49. The van der Waals surface area contributed by atoms with Gasteiger partial charge in [-0.2, -0.15) is 4.31 Å². The van der Waals surface area contributed by atoms with Crippen molar-refractivity contribution < 1.29 is 17.9 Å². The molecule has 1 amide bonds. The van der Waals surface area contributed by atoms with E-state index < -0.39 is 21.7 Å². The van der Waals surface area contributed by atoms with Gasteiger partial charge in [0.25, 0.3) is 0 Å². The summed E-state index contributed by atoms with van der Waals surface area (Å²) in [4.78, 5) is 11.9. The Labute approximate surface area is 164 Å². The highest BCUT2D eigenvalue weighted by Crippen LogP contribution is 2.25. The predicted octanol–water partition coefficient (Wildman–Crippen LogP) is 3.81. The summed E-state index contributed by atoms with van der Waals surface area (Å²) in [6, 6.07) is 4.51. The molecule has 1 aromatic carbocycles. The Morgan fingerprint density at radius 2 is 2.00 bits per heavy atom. The first kappa shape index (κ1) is 21.3. The maximum atomic E-state index is 12.7. The summed E-state index contributed by atoms with van der Waals surface area (Å²) in [6.07, 6.45) is 0.838. The largest absolute Gasteiger partial charge is 0.444 e. The van der Waals surface area contributed by atoms with Gasteiger partial charge in [-0.05, 0) is 51.3 Å². The highest BCUT2D eigenvalue weighted by atomic mass is 35.5. The smallest absolute Gasteiger partial charge is 0.407 e. The lowest BCUT2D eigenvalue weighted by atomic mass is 10.1. The minimum atomic E-state index is -3.53. The van der Waals surface area contributed by atoms with E-state index in [0.29, 0.717) is 35.0 Å². The second kappa shape index (κ2) is 8.33. The highest BCUT2D eigenvalue weighted by molar-refractivity contribution is 7.88. The van der Waals surface area contributed by atoms with E-state index >= 15 is 0 Å². The number of nitrogens with one attached hydrogen (secondary N) is 1. The third-order valence-corrected chi connectivity index (χ3v) is 6.39. The van der Waals surface area contributed by atoms with Crippen molar-refractivity contribution in [2.45, 2.75) is 51.0 Å². The number of sulfonamides is 1. The summed E-state index contributed by atoms with van der Waals surface area (Å²) < 4.78 is 32.1. The fraction of sp³-hybridized carbons (Fsp3) is 0.588. The van der Waals surface area contributed by atoms with Crippen LogP contribution in [-0.2, 0) is 20.5 Å². The molecule has 0 radical (unpaired) electrons. The van der Waals surface area contributed by atoms with Crippen molar-refractivity contribution in [1.29, 1.82) is 0 Å². The van der Waals surface area contributed by atoms with Crippen LogP contribution in [0, 0.1) is 0 Å². The van der Waals surface area contributed by atoms with Gasteiger partial charge in [0.2, 0.25) is 10.0 Å². The molecule has 1 saturated heterocycles. The van der Waals surface area contributed by atoms with E-state index in [1.807, 2.05) is 0 Å². The molecule has 9 heteroatoms. The molecule has 26 heavy (non-hydrogen) atoms. The fourth-order valence-corrected chi connectivity index (χ4v) is 4.64. The van der Waals surface area contributed by atoms with Gasteiger partial charge >= 0.3 is 6.09 Å². The van der Waals surface area contributed by atoms with Crippen molar-refractivity contribution in [2.75, 3.05) is 13.1 Å². The quantitative estimate of drug-likeness (QED) is 0.799. The van der Waals surface area contributed by atoms with Gasteiger partial charge in [0.15, 0.2) is 0 Å². The first-order valence-corrected chi connectivity index (χ1v) is 10.7. The molecule has 1 N–H and O–H groups in total. The van der Waals surface area contributed by atoms with Gasteiger partial charge in [-0.15, -0.1) is 0 Å². The molecule has 6 nitrogen and oxygen atoms in total. The van der Waals surface area contributed by atoms with E-state index in [0.717, 1.165) is 0 Å². The number of nitrogens with zero attached hydrogens (tertiary/aromatic N) is 1. The van der Waals surface area contributed by atoms with Crippen LogP contribution in [0.15, 0.2) is 18.2 Å². The Hall–Kier alpha value is -1.02. The summed E-state index contributed by atoms with van der Waals surface area (Å²) in [5.41, 5.74) is -0.0279. The van der Waals surface area contributed by atoms with Gasteiger partial charge in [0, 0.05) is 19.1 Å². The zero-order valence-electron chi connectivity index (χ0n) is 15.1. The lowest BCUT2D eigenvalue weighted by Crippen LogP contribution is -2.50. The van der Waals surface area contributed by atoms with Crippen LogP contribution in [0.2, 0.25) is 10.0 Å². The minimum Gasteiger partial charge on any atom is -0.444 e. The summed E-state index contributed by atoms with van der Waals surface area (Å²) in [5, 5.41) is 3.46. The van der Waals surface area contributed by atoms with Gasteiger partial charge in [0.1, 0.15) is 5.60 Å². The molecule has 0 bridgehead atoms. The lowest BCUT2D eigenvalue weighted by Gasteiger charge is -2.33. The van der Waals surface area contributed by atoms with Crippen molar-refractivity contribution >= 4 is 39.3 Å². The van der Waals surface area contributed by atoms with Crippen LogP contribution < -0.4 is 5.32 Å². The van der Waals surface area contributed by atoms with Crippen molar-refractivity contribution in [3.05, 3.63) is 33.8 Å². The van der Waals surface area contributed by atoms with E-state index in [9.17, 15) is 13.2 Å². The van der Waals surface area contributed by atoms with Crippen molar-refractivity contribution in [3.8, 4) is 0 Å². The average molecular weight is 423 g/mol. The first-order chi connectivity index (χ1) is 12.0. The number of benzene rings is 1. The second-order valence-electron chi connectivity index (χ2n) is 7.35. The number of amides is 1. The topological polar surface area (TPSA) is 75.7 Å². The van der Waals surface area contributed by atoms with Gasteiger partial charge < -0.3 is 10.1 Å². The molecule has 146 valence electrons. The van der Waals surface area contributed by atoms with E-state index in [1.165, 1.54) is 4.31 Å². The SMILES string of the molecule is CC(C)(C)OC(=O)NC1CCCN(S(=O)(=O)Cc2ccc(Cl)c(Cl)c2)C1. The zero-order chi connectivity index (χ0) is 19.5. The number of piperidine rings is 1. The van der Waals surface area contributed by atoms with E-state index in [2.05, 4.69) is 5.32 Å². The van der Waals surface area contributed by atoms with Crippen molar-refractivity contribution in [2.24, 2.45) is 0 Å². The number of hydrogen-bond acceptors (Lipinski definition) is 4. The summed E-state index contributed by atoms with van der Waals surface area (Å²) in [5.74, 6) is -0.164. The van der Waals surface area contributed by atoms with E-state index in [4.69, 9.17) is 27.9 Å². The fourth-order valence-electron chi connectivity index (χ4n) is 2.72. The van der Waals surface area contributed by atoms with Gasteiger partial charge in [-0.25, -0.2) is 13.2 Å². The minimum absolute atomic E-state index is 0.164. The number of carbonyl (C=O) groups is 1. The number of alkyl carbamates (subject to hydrolysis) is 1. The molecule has 1 aliphatic rings. The van der Waals surface area contributed by atoms with Crippen LogP contribution in [-0.4, -0.2) is 43.5 Å². The summed E-state index contributed by atoms with van der Waals surface area (Å²) in [6.45, 7) is 5.99. The van der Waals surface area contributed by atoms with Gasteiger partial charge in [-0.1, -0.05) is 29.3 Å². The van der Waals surface area contributed by atoms with Crippen LogP contribution in [0.5, 0.6) is 0 Å². The lowest BCUT2D eigenvalue weighted by molar-refractivity contribution is 0.0487. The standard InChI is InChI=1S/C17H24Cl2N2O4S/c1-17(2,3)25-16(22)20-13-5-4-8-21(10-13)26(23,24)11-12-6-7-14(18)15(19)9-12/h6-7,9,13H,4-5,8,10-11H2,1-3H3,(H,20,22). The molecule has 1 atom stereocenters. The molecule has 1 unspecified atom stereocenters.